The zero-order valence-corrected chi connectivity index (χ0v) is 11.2. The van der Waals surface area contributed by atoms with Gasteiger partial charge >= 0.3 is 0 Å². The SMILES string of the molecule is Brc1cccc2c1sc1c2ccc2cc[nH]c21. The molecule has 2 heterocycles. The number of fused-ring (bicyclic) bond motifs is 5. The number of H-pyrrole nitrogens is 1. The summed E-state index contributed by atoms with van der Waals surface area (Å²) in [6, 6.07) is 12.9. The van der Waals surface area contributed by atoms with Crippen LogP contribution in [0.5, 0.6) is 0 Å². The zero-order valence-electron chi connectivity index (χ0n) is 8.83. The molecule has 0 radical (unpaired) electrons. The highest BCUT2D eigenvalue weighted by atomic mass is 79.9. The molecule has 4 rings (SSSR count). The van der Waals surface area contributed by atoms with E-state index in [1.807, 2.05) is 17.5 Å². The quantitative estimate of drug-likeness (QED) is 0.454. The minimum absolute atomic E-state index is 1.18. The third-order valence-corrected chi connectivity index (χ3v) is 5.34. The molecule has 0 spiro atoms. The van der Waals surface area contributed by atoms with Crippen LogP contribution in [0.15, 0.2) is 47.1 Å². The van der Waals surface area contributed by atoms with Crippen molar-refractivity contribution in [3.63, 3.8) is 0 Å². The lowest BCUT2D eigenvalue weighted by Crippen LogP contribution is -1.69. The number of rotatable bonds is 0. The molecular formula is C14H8BrNS. The van der Waals surface area contributed by atoms with Gasteiger partial charge in [0.15, 0.2) is 0 Å². The van der Waals surface area contributed by atoms with Crippen molar-refractivity contribution in [2.24, 2.45) is 0 Å². The minimum Gasteiger partial charge on any atom is -0.360 e. The fraction of sp³-hybridized carbons (Fsp3) is 0. The van der Waals surface area contributed by atoms with Gasteiger partial charge in [-0.2, -0.15) is 0 Å². The average molecular weight is 302 g/mol. The monoisotopic (exact) mass is 301 g/mol. The number of hydrogen-bond donors (Lipinski definition) is 1. The number of benzene rings is 2. The molecule has 2 aromatic heterocycles. The summed E-state index contributed by atoms with van der Waals surface area (Å²) in [5.41, 5.74) is 1.25. The van der Waals surface area contributed by atoms with Crippen LogP contribution in [0.25, 0.3) is 31.1 Å². The van der Waals surface area contributed by atoms with E-state index < -0.39 is 0 Å². The summed E-state index contributed by atoms with van der Waals surface area (Å²) in [7, 11) is 0. The third-order valence-electron chi connectivity index (χ3n) is 3.14. The predicted octanol–water partition coefficient (Wildman–Crippen LogP) is 5.30. The number of aromatic nitrogens is 1. The second-order valence-electron chi connectivity index (χ2n) is 4.10. The van der Waals surface area contributed by atoms with E-state index in [1.54, 1.807) is 0 Å². The first kappa shape index (κ1) is 9.68. The van der Waals surface area contributed by atoms with Gasteiger partial charge in [0.05, 0.1) is 10.2 Å². The van der Waals surface area contributed by atoms with Crippen molar-refractivity contribution < 1.29 is 0 Å². The van der Waals surface area contributed by atoms with E-state index in [9.17, 15) is 0 Å². The Morgan fingerprint density at radius 2 is 1.82 bits per heavy atom. The highest BCUT2D eigenvalue weighted by molar-refractivity contribution is 9.10. The second kappa shape index (κ2) is 3.34. The number of halogens is 1. The van der Waals surface area contributed by atoms with Gasteiger partial charge in [-0.05, 0) is 28.1 Å². The van der Waals surface area contributed by atoms with Gasteiger partial charge in [-0.1, -0.05) is 24.3 Å². The fourth-order valence-electron chi connectivity index (χ4n) is 2.35. The summed E-state index contributed by atoms with van der Waals surface area (Å²) >= 11 is 5.47. The highest BCUT2D eigenvalue weighted by Crippen LogP contribution is 2.40. The summed E-state index contributed by atoms with van der Waals surface area (Å²) in [6.45, 7) is 0. The molecule has 0 bridgehead atoms. The lowest BCUT2D eigenvalue weighted by Gasteiger charge is -1.93. The van der Waals surface area contributed by atoms with Gasteiger partial charge in [-0.3, -0.25) is 0 Å². The van der Waals surface area contributed by atoms with E-state index in [0.717, 1.165) is 0 Å². The number of thiophene rings is 1. The summed E-state index contributed by atoms with van der Waals surface area (Å²) in [6.07, 6.45) is 2.00. The average Bonchev–Trinajstić information content (AvgIpc) is 2.91. The summed E-state index contributed by atoms with van der Waals surface area (Å²) in [5.74, 6) is 0. The summed E-state index contributed by atoms with van der Waals surface area (Å²) in [4.78, 5) is 3.34. The molecule has 0 unspecified atom stereocenters. The molecule has 0 aliphatic rings. The van der Waals surface area contributed by atoms with Gasteiger partial charge in [-0.15, -0.1) is 11.3 Å². The van der Waals surface area contributed by atoms with Gasteiger partial charge in [0.2, 0.25) is 0 Å². The maximum absolute atomic E-state index is 3.63. The Bertz CT molecular complexity index is 856. The Morgan fingerprint density at radius 1 is 0.941 bits per heavy atom. The van der Waals surface area contributed by atoms with Crippen LogP contribution in [0, 0.1) is 0 Å². The van der Waals surface area contributed by atoms with E-state index in [2.05, 4.69) is 57.3 Å². The van der Waals surface area contributed by atoms with Crippen molar-refractivity contribution in [3.8, 4) is 0 Å². The maximum atomic E-state index is 3.63. The fourth-order valence-corrected chi connectivity index (χ4v) is 4.18. The van der Waals surface area contributed by atoms with E-state index in [1.165, 1.54) is 35.5 Å². The predicted molar refractivity (Wildman–Crippen MR) is 78.9 cm³/mol. The van der Waals surface area contributed by atoms with Gasteiger partial charge in [-0.25, -0.2) is 0 Å². The van der Waals surface area contributed by atoms with E-state index in [-0.39, 0.29) is 0 Å². The molecule has 17 heavy (non-hydrogen) atoms. The topological polar surface area (TPSA) is 15.8 Å². The zero-order chi connectivity index (χ0) is 11.4. The van der Waals surface area contributed by atoms with Gasteiger partial charge in [0, 0.05) is 31.5 Å². The molecule has 0 atom stereocenters. The first-order valence-corrected chi connectivity index (χ1v) is 7.02. The normalized spacial score (nSPS) is 11.8. The van der Waals surface area contributed by atoms with Crippen molar-refractivity contribution in [1.82, 2.24) is 4.98 Å². The number of aromatic amines is 1. The van der Waals surface area contributed by atoms with Crippen LogP contribution in [0.1, 0.15) is 0 Å². The Balaban J connectivity index is 2.36. The van der Waals surface area contributed by atoms with E-state index in [4.69, 9.17) is 0 Å². The smallest absolute Gasteiger partial charge is 0.0635 e. The van der Waals surface area contributed by atoms with Crippen molar-refractivity contribution >= 4 is 58.3 Å². The molecule has 0 saturated carbocycles. The second-order valence-corrected chi connectivity index (χ2v) is 5.98. The van der Waals surface area contributed by atoms with Crippen LogP contribution in [-0.4, -0.2) is 4.98 Å². The van der Waals surface area contributed by atoms with Crippen molar-refractivity contribution in [3.05, 3.63) is 47.1 Å². The third kappa shape index (κ3) is 1.24. The van der Waals surface area contributed by atoms with Crippen LogP contribution in [-0.2, 0) is 0 Å². The van der Waals surface area contributed by atoms with Gasteiger partial charge < -0.3 is 4.98 Å². The Labute approximate surface area is 110 Å². The summed E-state index contributed by atoms with van der Waals surface area (Å²) in [5, 5.41) is 3.94. The molecule has 0 fully saturated rings. The Kier molecular flexibility index (Phi) is 1.90. The van der Waals surface area contributed by atoms with Crippen molar-refractivity contribution in [2.45, 2.75) is 0 Å². The number of nitrogens with one attached hydrogen (secondary N) is 1. The Morgan fingerprint density at radius 3 is 2.76 bits per heavy atom. The summed E-state index contributed by atoms with van der Waals surface area (Å²) < 4.78 is 3.84. The molecule has 3 heteroatoms. The molecule has 1 nitrogen and oxygen atoms in total. The molecule has 1 N–H and O–H groups in total. The lowest BCUT2D eigenvalue weighted by atomic mass is 10.1. The highest BCUT2D eigenvalue weighted by Gasteiger charge is 2.10. The van der Waals surface area contributed by atoms with Crippen molar-refractivity contribution in [2.75, 3.05) is 0 Å². The van der Waals surface area contributed by atoms with Gasteiger partial charge in [0.1, 0.15) is 0 Å². The van der Waals surface area contributed by atoms with Crippen molar-refractivity contribution in [1.29, 1.82) is 0 Å². The number of hydrogen-bond acceptors (Lipinski definition) is 1. The molecule has 2 aromatic carbocycles. The molecule has 0 aliphatic heterocycles. The molecule has 82 valence electrons. The first-order chi connectivity index (χ1) is 8.34. The molecule has 0 saturated heterocycles. The van der Waals surface area contributed by atoms with Crippen LogP contribution in [0.2, 0.25) is 0 Å². The lowest BCUT2D eigenvalue weighted by molar-refractivity contribution is 1.50. The van der Waals surface area contributed by atoms with Crippen LogP contribution >= 0.6 is 27.3 Å². The van der Waals surface area contributed by atoms with Gasteiger partial charge in [0.25, 0.3) is 0 Å². The van der Waals surface area contributed by atoms with Crippen LogP contribution < -0.4 is 0 Å². The standard InChI is InChI=1S/C14H8BrNS/c15-11-3-1-2-9-10-5-4-8-6-7-16-12(8)14(10)17-13(9)11/h1-7,16H. The molecule has 0 aliphatic carbocycles. The largest absolute Gasteiger partial charge is 0.360 e. The van der Waals surface area contributed by atoms with Crippen LogP contribution in [0.3, 0.4) is 0 Å². The first-order valence-electron chi connectivity index (χ1n) is 5.41. The molecule has 0 amide bonds. The van der Waals surface area contributed by atoms with Crippen LogP contribution in [0.4, 0.5) is 0 Å². The van der Waals surface area contributed by atoms with E-state index in [0.29, 0.717) is 0 Å². The maximum Gasteiger partial charge on any atom is 0.0635 e. The van der Waals surface area contributed by atoms with E-state index >= 15 is 0 Å². The molecular weight excluding hydrogens is 294 g/mol. The molecule has 4 aromatic rings. The Hall–Kier alpha value is -1.32. The minimum atomic E-state index is 1.18.